The second-order valence-electron chi connectivity index (χ2n) is 11.6. The lowest BCUT2D eigenvalue weighted by Gasteiger charge is -2.41. The van der Waals surface area contributed by atoms with Crippen LogP contribution >= 0.6 is 0 Å². The maximum absolute atomic E-state index is 12.0. The number of ether oxygens (including phenoxy) is 4. The Kier molecular flexibility index (Phi) is 22.0. The Morgan fingerprint density at radius 2 is 1.32 bits per heavy atom. The first-order valence-electron chi connectivity index (χ1n) is 16.3. The topological polar surface area (TPSA) is 212 Å². The molecule has 1 aliphatic heterocycles. The summed E-state index contributed by atoms with van der Waals surface area (Å²) in [5, 5.41) is 31.0. The van der Waals surface area contributed by atoms with Crippen molar-refractivity contribution < 1.29 is 56.8 Å². The van der Waals surface area contributed by atoms with Gasteiger partial charge in [-0.2, -0.15) is 8.42 Å². The van der Waals surface area contributed by atoms with E-state index < -0.39 is 71.2 Å². The number of aliphatic hydroxyl groups is 3. The molecule has 0 bridgehead atoms. The summed E-state index contributed by atoms with van der Waals surface area (Å²) < 4.78 is 52.8. The summed E-state index contributed by atoms with van der Waals surface area (Å²) in [6, 6.07) is 0. The number of unbranched alkanes of at least 4 members (excludes halogenated alkanes) is 14. The quantitative estimate of drug-likeness (QED) is 0.0516. The van der Waals surface area contributed by atoms with E-state index in [1.807, 2.05) is 0 Å². The molecule has 0 aromatic heterocycles. The van der Waals surface area contributed by atoms with Crippen LogP contribution in [0, 0.1) is 0 Å². The van der Waals surface area contributed by atoms with Crippen molar-refractivity contribution >= 4 is 22.1 Å². The van der Waals surface area contributed by atoms with Gasteiger partial charge >= 0.3 is 11.9 Å². The highest BCUT2D eigenvalue weighted by Crippen LogP contribution is 2.26. The summed E-state index contributed by atoms with van der Waals surface area (Å²) in [6.45, 7) is 1.30. The summed E-state index contributed by atoms with van der Waals surface area (Å²) in [5.41, 5.74) is 5.29. The van der Waals surface area contributed by atoms with Crippen molar-refractivity contribution in [1.29, 1.82) is 0 Å². The van der Waals surface area contributed by atoms with Gasteiger partial charge in [-0.25, -0.2) is 0 Å². The van der Waals surface area contributed by atoms with Crippen molar-refractivity contribution in [3.63, 3.8) is 0 Å². The van der Waals surface area contributed by atoms with Gasteiger partial charge in [0.15, 0.2) is 12.4 Å². The number of carbonyl (C=O) groups is 2. The van der Waals surface area contributed by atoms with E-state index in [1.54, 1.807) is 0 Å². The van der Waals surface area contributed by atoms with E-state index in [0.29, 0.717) is 6.42 Å². The van der Waals surface area contributed by atoms with Crippen LogP contribution < -0.4 is 5.73 Å². The highest BCUT2D eigenvalue weighted by molar-refractivity contribution is 7.85. The fraction of sp³-hybridized carbons (Fsp3) is 0.933. The minimum Gasteiger partial charge on any atom is -0.463 e. The van der Waals surface area contributed by atoms with E-state index in [2.05, 4.69) is 6.92 Å². The number of esters is 2. The number of hydrogen-bond acceptors (Lipinski definition) is 12. The van der Waals surface area contributed by atoms with Crippen LogP contribution in [0.1, 0.15) is 116 Å². The third kappa shape index (κ3) is 19.2. The zero-order valence-electron chi connectivity index (χ0n) is 26.4. The first-order chi connectivity index (χ1) is 21.0. The molecule has 0 aromatic carbocycles. The SMILES string of the molecule is CCCCCCCCCCCCCCCCCC(=O)OCC(O)CO[C@H]1O[C@H](CS(=O)(=O)O)[C@@H](OC(=O)CCN)[C@H](O)[C@H]1O. The number of carbonyl (C=O) groups excluding carboxylic acids is 2. The molecule has 6 N–H and O–H groups in total. The Balaban J connectivity index is 2.21. The molecule has 0 aliphatic carbocycles. The Morgan fingerprint density at radius 1 is 0.795 bits per heavy atom. The summed E-state index contributed by atoms with van der Waals surface area (Å²) in [5.74, 6) is -2.39. The second-order valence-corrected chi connectivity index (χ2v) is 13.1. The van der Waals surface area contributed by atoms with Crippen molar-refractivity contribution in [2.24, 2.45) is 5.73 Å². The molecular formula is C30H57NO12S. The molecule has 260 valence electrons. The lowest BCUT2D eigenvalue weighted by molar-refractivity contribution is -0.299. The van der Waals surface area contributed by atoms with Crippen LogP contribution in [0.5, 0.6) is 0 Å². The summed E-state index contributed by atoms with van der Waals surface area (Å²) in [7, 11) is -4.64. The maximum Gasteiger partial charge on any atom is 0.307 e. The Hall–Kier alpha value is -1.39. The summed E-state index contributed by atoms with van der Waals surface area (Å²) in [4.78, 5) is 23.9. The molecular weight excluding hydrogens is 598 g/mol. The first-order valence-corrected chi connectivity index (χ1v) is 17.9. The van der Waals surface area contributed by atoms with E-state index in [9.17, 15) is 37.9 Å². The van der Waals surface area contributed by atoms with E-state index in [0.717, 1.165) is 19.3 Å². The van der Waals surface area contributed by atoms with Crippen molar-refractivity contribution in [2.75, 3.05) is 25.5 Å². The van der Waals surface area contributed by atoms with Crippen LogP contribution in [-0.4, -0.2) is 103 Å². The van der Waals surface area contributed by atoms with Crippen LogP contribution in [0.2, 0.25) is 0 Å². The van der Waals surface area contributed by atoms with Crippen LogP contribution in [0.4, 0.5) is 0 Å². The lowest BCUT2D eigenvalue weighted by Crippen LogP contribution is -2.61. The summed E-state index contributed by atoms with van der Waals surface area (Å²) >= 11 is 0. The van der Waals surface area contributed by atoms with Gasteiger partial charge in [-0.15, -0.1) is 0 Å². The minimum absolute atomic E-state index is 0.0678. The number of hydrogen-bond donors (Lipinski definition) is 5. The van der Waals surface area contributed by atoms with Gasteiger partial charge in [0.2, 0.25) is 0 Å². The van der Waals surface area contributed by atoms with Gasteiger partial charge in [-0.05, 0) is 6.42 Å². The molecule has 1 fully saturated rings. The molecule has 13 nitrogen and oxygen atoms in total. The van der Waals surface area contributed by atoms with Gasteiger partial charge in [-0.3, -0.25) is 14.1 Å². The van der Waals surface area contributed by atoms with E-state index >= 15 is 0 Å². The molecule has 0 saturated carbocycles. The van der Waals surface area contributed by atoms with Crippen molar-refractivity contribution in [1.82, 2.24) is 0 Å². The predicted molar refractivity (Wildman–Crippen MR) is 163 cm³/mol. The molecule has 1 rings (SSSR count). The molecule has 44 heavy (non-hydrogen) atoms. The standard InChI is InChI=1S/C30H57NO12S/c1-2-3-4-5-6-7-8-9-10-11-12-13-14-15-16-17-25(33)40-20-23(32)21-41-30-28(36)27(35)29(43-26(34)18-19-31)24(42-30)22-44(37,38)39/h23-24,27-30,32,35-36H,2-22,31H2,1H3,(H,37,38,39)/t23?,24-,27-,28-,29-,30+/m1/s1. The first kappa shape index (κ1) is 40.6. The van der Waals surface area contributed by atoms with Gasteiger partial charge in [-0.1, -0.05) is 96.8 Å². The number of aliphatic hydroxyl groups excluding tert-OH is 3. The average molecular weight is 656 g/mol. The zero-order valence-corrected chi connectivity index (χ0v) is 27.2. The fourth-order valence-electron chi connectivity index (χ4n) is 5.02. The highest BCUT2D eigenvalue weighted by Gasteiger charge is 2.48. The number of nitrogens with two attached hydrogens (primary N) is 1. The van der Waals surface area contributed by atoms with Crippen molar-refractivity contribution in [3.05, 3.63) is 0 Å². The monoisotopic (exact) mass is 655 g/mol. The van der Waals surface area contributed by atoms with E-state index in [-0.39, 0.29) is 26.0 Å². The largest absolute Gasteiger partial charge is 0.463 e. The maximum atomic E-state index is 12.0. The molecule has 1 heterocycles. The zero-order chi connectivity index (χ0) is 32.8. The van der Waals surface area contributed by atoms with Crippen molar-refractivity contribution in [3.8, 4) is 0 Å². The smallest absolute Gasteiger partial charge is 0.307 e. The van der Waals surface area contributed by atoms with Crippen LogP contribution in [0.25, 0.3) is 0 Å². The molecule has 0 amide bonds. The van der Waals surface area contributed by atoms with Gasteiger partial charge in [0.25, 0.3) is 10.1 Å². The molecule has 1 unspecified atom stereocenters. The molecule has 0 spiro atoms. The van der Waals surface area contributed by atoms with E-state index in [1.165, 1.54) is 70.6 Å². The van der Waals surface area contributed by atoms with Gasteiger partial charge in [0.1, 0.15) is 36.8 Å². The fourth-order valence-corrected chi connectivity index (χ4v) is 5.70. The van der Waals surface area contributed by atoms with Crippen LogP contribution in [-0.2, 0) is 38.7 Å². The Labute approximate surface area is 262 Å². The highest BCUT2D eigenvalue weighted by atomic mass is 32.2. The molecule has 1 aliphatic rings. The Bertz CT molecular complexity index is 874. The molecule has 14 heteroatoms. The average Bonchev–Trinajstić information content (AvgIpc) is 2.96. The molecule has 0 aromatic rings. The van der Waals surface area contributed by atoms with E-state index in [4.69, 9.17) is 24.7 Å². The van der Waals surface area contributed by atoms with Gasteiger partial charge in [0, 0.05) is 13.0 Å². The number of rotatable bonds is 26. The summed E-state index contributed by atoms with van der Waals surface area (Å²) in [6.07, 6.45) is 8.54. The minimum atomic E-state index is -4.64. The second kappa shape index (κ2) is 23.9. The van der Waals surface area contributed by atoms with Gasteiger partial charge < -0.3 is 40.0 Å². The lowest BCUT2D eigenvalue weighted by atomic mass is 9.99. The third-order valence-corrected chi connectivity index (χ3v) is 8.26. The third-order valence-electron chi connectivity index (χ3n) is 7.51. The van der Waals surface area contributed by atoms with Crippen LogP contribution in [0.15, 0.2) is 0 Å². The molecule has 1 saturated heterocycles. The van der Waals surface area contributed by atoms with Crippen molar-refractivity contribution in [2.45, 2.75) is 153 Å². The predicted octanol–water partition coefficient (Wildman–Crippen LogP) is 2.76. The van der Waals surface area contributed by atoms with Crippen LogP contribution in [0.3, 0.4) is 0 Å². The Morgan fingerprint density at radius 3 is 1.82 bits per heavy atom. The molecule has 6 atom stereocenters. The molecule has 0 radical (unpaired) electrons. The normalized spacial score (nSPS) is 22.9. The van der Waals surface area contributed by atoms with Gasteiger partial charge in [0.05, 0.1) is 13.0 Å².